The first-order valence-electron chi connectivity index (χ1n) is 4.31. The minimum Gasteiger partial charge on any atom is -0.349 e. The predicted octanol–water partition coefficient (Wildman–Crippen LogP) is 2.61. The molecule has 0 aliphatic heterocycles. The summed E-state index contributed by atoms with van der Waals surface area (Å²) in [5, 5.41) is 0.205. The Kier molecular flexibility index (Phi) is 3.60. The van der Waals surface area contributed by atoms with Crippen molar-refractivity contribution in [1.82, 2.24) is 9.97 Å². The number of H-pyrrole nitrogens is 1. The number of rotatable bonds is 4. The zero-order valence-corrected chi connectivity index (χ0v) is 8.30. The Morgan fingerprint density at radius 1 is 1.58 bits per heavy atom. The lowest BCUT2D eigenvalue weighted by molar-refractivity contribution is 0.556. The number of halogens is 1. The van der Waals surface area contributed by atoms with Gasteiger partial charge in [0, 0.05) is 24.2 Å². The van der Waals surface area contributed by atoms with Crippen LogP contribution < -0.4 is 0 Å². The summed E-state index contributed by atoms with van der Waals surface area (Å²) in [5.74, 6) is 1.64. The fourth-order valence-electron chi connectivity index (χ4n) is 1.21. The second-order valence-corrected chi connectivity index (χ2v) is 4.08. The summed E-state index contributed by atoms with van der Waals surface area (Å²) >= 11 is 6.11. The molecule has 1 aromatic rings. The molecular formula is C9H15ClN2. The highest BCUT2D eigenvalue weighted by Crippen LogP contribution is 2.13. The van der Waals surface area contributed by atoms with Crippen LogP contribution in [0.25, 0.3) is 0 Å². The lowest BCUT2D eigenvalue weighted by atomic mass is 10.1. The van der Waals surface area contributed by atoms with Crippen LogP contribution in [0.3, 0.4) is 0 Å². The molecule has 1 N–H and O–H groups in total. The first-order valence-corrected chi connectivity index (χ1v) is 4.74. The molecule has 1 unspecified atom stereocenters. The minimum absolute atomic E-state index is 0.205. The Balaban J connectivity index is 2.32. The van der Waals surface area contributed by atoms with E-state index in [4.69, 9.17) is 11.6 Å². The first-order chi connectivity index (χ1) is 5.68. The number of imidazole rings is 1. The Bertz CT molecular complexity index is 206. The number of hydrogen-bond acceptors (Lipinski definition) is 1. The van der Waals surface area contributed by atoms with Crippen LogP contribution in [0.5, 0.6) is 0 Å². The van der Waals surface area contributed by atoms with Crippen LogP contribution in [-0.4, -0.2) is 15.3 Å². The Hall–Kier alpha value is -0.500. The fourth-order valence-corrected chi connectivity index (χ4v) is 1.72. The zero-order chi connectivity index (χ0) is 8.97. The van der Waals surface area contributed by atoms with E-state index in [2.05, 4.69) is 23.8 Å². The SMILES string of the molecule is CC(C)CC(Cl)Cc1ncc[nH]1. The van der Waals surface area contributed by atoms with Crippen molar-refractivity contribution in [2.24, 2.45) is 5.92 Å². The van der Waals surface area contributed by atoms with Crippen molar-refractivity contribution in [1.29, 1.82) is 0 Å². The topological polar surface area (TPSA) is 28.7 Å². The average molecular weight is 187 g/mol. The van der Waals surface area contributed by atoms with Gasteiger partial charge in [0.05, 0.1) is 0 Å². The molecule has 0 fully saturated rings. The van der Waals surface area contributed by atoms with Gasteiger partial charge >= 0.3 is 0 Å². The van der Waals surface area contributed by atoms with Crippen molar-refractivity contribution in [3.8, 4) is 0 Å². The van der Waals surface area contributed by atoms with Crippen LogP contribution in [0.4, 0.5) is 0 Å². The lowest BCUT2D eigenvalue weighted by Gasteiger charge is -2.09. The van der Waals surface area contributed by atoms with Gasteiger partial charge < -0.3 is 4.98 Å². The molecule has 12 heavy (non-hydrogen) atoms. The van der Waals surface area contributed by atoms with Crippen molar-refractivity contribution in [3.05, 3.63) is 18.2 Å². The highest BCUT2D eigenvalue weighted by molar-refractivity contribution is 6.20. The molecular weight excluding hydrogens is 172 g/mol. The molecule has 0 aromatic carbocycles. The van der Waals surface area contributed by atoms with Gasteiger partial charge in [-0.1, -0.05) is 13.8 Å². The number of aromatic amines is 1. The maximum absolute atomic E-state index is 6.11. The molecule has 1 atom stereocenters. The van der Waals surface area contributed by atoms with E-state index in [0.29, 0.717) is 5.92 Å². The summed E-state index contributed by atoms with van der Waals surface area (Å²) in [7, 11) is 0. The molecule has 0 saturated heterocycles. The van der Waals surface area contributed by atoms with Gasteiger partial charge in [0.1, 0.15) is 5.82 Å². The second kappa shape index (κ2) is 4.51. The lowest BCUT2D eigenvalue weighted by Crippen LogP contribution is -2.08. The van der Waals surface area contributed by atoms with Crippen LogP contribution in [0.15, 0.2) is 12.4 Å². The summed E-state index contributed by atoms with van der Waals surface area (Å²) in [4.78, 5) is 7.17. The highest BCUT2D eigenvalue weighted by atomic mass is 35.5. The maximum atomic E-state index is 6.11. The van der Waals surface area contributed by atoms with Gasteiger partial charge in [0.15, 0.2) is 0 Å². The molecule has 0 bridgehead atoms. The van der Waals surface area contributed by atoms with Gasteiger partial charge in [-0.05, 0) is 12.3 Å². The van der Waals surface area contributed by atoms with Gasteiger partial charge in [0.2, 0.25) is 0 Å². The van der Waals surface area contributed by atoms with Crippen molar-refractivity contribution >= 4 is 11.6 Å². The van der Waals surface area contributed by atoms with Crippen LogP contribution >= 0.6 is 11.6 Å². The van der Waals surface area contributed by atoms with Gasteiger partial charge in [0.25, 0.3) is 0 Å². The summed E-state index contributed by atoms with van der Waals surface area (Å²) in [5.41, 5.74) is 0. The Morgan fingerprint density at radius 2 is 2.33 bits per heavy atom. The largest absolute Gasteiger partial charge is 0.349 e. The van der Waals surface area contributed by atoms with Gasteiger partial charge in [-0.3, -0.25) is 0 Å². The third kappa shape index (κ3) is 3.26. The van der Waals surface area contributed by atoms with Gasteiger partial charge in [-0.2, -0.15) is 0 Å². The minimum atomic E-state index is 0.205. The smallest absolute Gasteiger partial charge is 0.107 e. The Morgan fingerprint density at radius 3 is 2.83 bits per heavy atom. The molecule has 0 aliphatic rings. The molecule has 2 nitrogen and oxygen atoms in total. The van der Waals surface area contributed by atoms with E-state index in [0.717, 1.165) is 18.7 Å². The molecule has 1 heterocycles. The monoisotopic (exact) mass is 186 g/mol. The standard InChI is InChI=1S/C9H15ClN2/c1-7(2)5-8(10)6-9-11-3-4-12-9/h3-4,7-8H,5-6H2,1-2H3,(H,11,12). The first kappa shape index (κ1) is 9.59. The van der Waals surface area contributed by atoms with E-state index >= 15 is 0 Å². The van der Waals surface area contributed by atoms with E-state index in [1.54, 1.807) is 6.20 Å². The van der Waals surface area contributed by atoms with Gasteiger partial charge in [-0.25, -0.2) is 4.98 Å². The molecule has 0 amide bonds. The average Bonchev–Trinajstić information content (AvgIpc) is 2.37. The third-order valence-electron chi connectivity index (χ3n) is 1.70. The van der Waals surface area contributed by atoms with Crippen molar-refractivity contribution in [2.75, 3.05) is 0 Å². The van der Waals surface area contributed by atoms with E-state index in [1.807, 2.05) is 6.20 Å². The molecule has 0 saturated carbocycles. The van der Waals surface area contributed by atoms with Crippen LogP contribution in [0.1, 0.15) is 26.1 Å². The molecule has 0 aliphatic carbocycles. The summed E-state index contributed by atoms with van der Waals surface area (Å²) in [6.07, 6.45) is 5.47. The summed E-state index contributed by atoms with van der Waals surface area (Å²) in [6, 6.07) is 0. The van der Waals surface area contributed by atoms with Crippen molar-refractivity contribution in [3.63, 3.8) is 0 Å². The van der Waals surface area contributed by atoms with Crippen LogP contribution in [0, 0.1) is 5.92 Å². The third-order valence-corrected chi connectivity index (χ3v) is 2.03. The highest BCUT2D eigenvalue weighted by Gasteiger charge is 2.09. The fraction of sp³-hybridized carbons (Fsp3) is 0.667. The molecule has 0 radical (unpaired) electrons. The summed E-state index contributed by atoms with van der Waals surface area (Å²) < 4.78 is 0. The van der Waals surface area contributed by atoms with Crippen molar-refractivity contribution < 1.29 is 0 Å². The normalized spacial score (nSPS) is 13.7. The summed E-state index contributed by atoms with van der Waals surface area (Å²) in [6.45, 7) is 4.36. The van der Waals surface area contributed by atoms with E-state index in [9.17, 15) is 0 Å². The quantitative estimate of drug-likeness (QED) is 0.720. The van der Waals surface area contributed by atoms with E-state index < -0.39 is 0 Å². The second-order valence-electron chi connectivity index (χ2n) is 3.47. The molecule has 68 valence electrons. The Labute approximate surface area is 78.4 Å². The van der Waals surface area contributed by atoms with E-state index in [-0.39, 0.29) is 5.38 Å². The van der Waals surface area contributed by atoms with Crippen LogP contribution in [0.2, 0.25) is 0 Å². The van der Waals surface area contributed by atoms with Crippen molar-refractivity contribution in [2.45, 2.75) is 32.1 Å². The van der Waals surface area contributed by atoms with Crippen LogP contribution in [-0.2, 0) is 6.42 Å². The molecule has 3 heteroatoms. The molecule has 1 aromatic heterocycles. The molecule has 1 rings (SSSR count). The zero-order valence-electron chi connectivity index (χ0n) is 7.55. The predicted molar refractivity (Wildman–Crippen MR) is 51.4 cm³/mol. The number of nitrogens with zero attached hydrogens (tertiary/aromatic N) is 1. The number of nitrogens with one attached hydrogen (secondary N) is 1. The number of hydrogen-bond donors (Lipinski definition) is 1. The number of aromatic nitrogens is 2. The number of alkyl halides is 1. The van der Waals surface area contributed by atoms with Gasteiger partial charge in [-0.15, -0.1) is 11.6 Å². The van der Waals surface area contributed by atoms with E-state index in [1.165, 1.54) is 0 Å². The maximum Gasteiger partial charge on any atom is 0.107 e. The molecule has 0 spiro atoms.